The molecule has 0 aliphatic rings. The van der Waals surface area contributed by atoms with E-state index in [9.17, 15) is 4.79 Å². The highest BCUT2D eigenvalue weighted by Gasteiger charge is 2.10. The molecule has 16 heavy (non-hydrogen) atoms. The topological polar surface area (TPSA) is 47.3 Å². The molecule has 0 atom stereocenters. The molecule has 0 N–H and O–H groups in total. The van der Waals surface area contributed by atoms with Crippen molar-refractivity contribution in [2.75, 3.05) is 32.7 Å². The molecule has 0 unspecified atom stereocenters. The number of nitrogens with zero attached hydrogens (tertiary/aromatic N) is 3. The number of nitriles is 1. The molecule has 0 aromatic carbocycles. The Labute approximate surface area is 98.8 Å². The first-order valence-corrected chi connectivity index (χ1v) is 6.06. The summed E-state index contributed by atoms with van der Waals surface area (Å²) in [6.07, 6.45) is 0.978. The Kier molecular flexibility index (Phi) is 8.55. The summed E-state index contributed by atoms with van der Waals surface area (Å²) in [5, 5.41) is 8.47. The zero-order chi connectivity index (χ0) is 12.4. The van der Waals surface area contributed by atoms with Crippen LogP contribution in [0.5, 0.6) is 0 Å². The fourth-order valence-corrected chi connectivity index (χ4v) is 1.66. The van der Waals surface area contributed by atoms with Crippen LogP contribution in [-0.2, 0) is 4.79 Å². The van der Waals surface area contributed by atoms with Gasteiger partial charge in [-0.1, -0.05) is 13.8 Å². The van der Waals surface area contributed by atoms with Crippen LogP contribution in [0.3, 0.4) is 0 Å². The van der Waals surface area contributed by atoms with Crippen molar-refractivity contribution in [2.24, 2.45) is 0 Å². The minimum Gasteiger partial charge on any atom is -0.342 e. The molecule has 0 fully saturated rings. The molecule has 4 nitrogen and oxygen atoms in total. The van der Waals surface area contributed by atoms with Gasteiger partial charge in [-0.3, -0.25) is 4.79 Å². The van der Waals surface area contributed by atoms with E-state index in [1.165, 1.54) is 0 Å². The smallest absolute Gasteiger partial charge is 0.236 e. The zero-order valence-corrected chi connectivity index (χ0v) is 10.7. The van der Waals surface area contributed by atoms with Crippen LogP contribution < -0.4 is 0 Å². The second-order valence-corrected chi connectivity index (χ2v) is 3.69. The molecular formula is C12H23N3O. The van der Waals surface area contributed by atoms with E-state index in [0.29, 0.717) is 6.54 Å². The van der Waals surface area contributed by atoms with Crippen molar-refractivity contribution in [1.82, 2.24) is 9.80 Å². The van der Waals surface area contributed by atoms with Gasteiger partial charge in [-0.05, 0) is 33.0 Å². The molecule has 0 aliphatic heterocycles. The normalized spacial score (nSPS) is 10.2. The summed E-state index contributed by atoms with van der Waals surface area (Å²) in [5.41, 5.74) is 0. The maximum absolute atomic E-state index is 11.5. The van der Waals surface area contributed by atoms with Crippen LogP contribution in [0, 0.1) is 11.3 Å². The van der Waals surface area contributed by atoms with Crippen LogP contribution in [0.1, 0.15) is 33.6 Å². The van der Waals surface area contributed by atoms with Gasteiger partial charge >= 0.3 is 0 Å². The summed E-state index contributed by atoms with van der Waals surface area (Å²) in [5.74, 6) is -0.0513. The summed E-state index contributed by atoms with van der Waals surface area (Å²) in [4.78, 5) is 15.6. The second-order valence-electron chi connectivity index (χ2n) is 3.69. The van der Waals surface area contributed by atoms with Gasteiger partial charge in [-0.2, -0.15) is 5.26 Å². The van der Waals surface area contributed by atoms with Crippen LogP contribution in [0.15, 0.2) is 0 Å². The monoisotopic (exact) mass is 225 g/mol. The largest absolute Gasteiger partial charge is 0.342 e. The second kappa shape index (κ2) is 9.17. The minimum absolute atomic E-state index is 0.000883. The van der Waals surface area contributed by atoms with Crippen molar-refractivity contribution in [3.63, 3.8) is 0 Å². The lowest BCUT2D eigenvalue weighted by Gasteiger charge is -2.22. The van der Waals surface area contributed by atoms with Crippen molar-refractivity contribution in [3.05, 3.63) is 0 Å². The zero-order valence-electron chi connectivity index (χ0n) is 10.7. The van der Waals surface area contributed by atoms with Crippen molar-refractivity contribution >= 4 is 5.91 Å². The van der Waals surface area contributed by atoms with Crippen molar-refractivity contribution in [3.8, 4) is 6.07 Å². The molecule has 0 radical (unpaired) electrons. The third-order valence-corrected chi connectivity index (χ3v) is 2.76. The van der Waals surface area contributed by atoms with Gasteiger partial charge in [0.05, 0.1) is 6.07 Å². The summed E-state index contributed by atoms with van der Waals surface area (Å²) in [6, 6.07) is 1.90. The predicted molar refractivity (Wildman–Crippen MR) is 64.9 cm³/mol. The van der Waals surface area contributed by atoms with E-state index in [1.54, 1.807) is 4.90 Å². The molecule has 0 bridgehead atoms. The molecule has 0 rings (SSSR count). The summed E-state index contributed by atoms with van der Waals surface area (Å²) in [6.45, 7) is 10.8. The van der Waals surface area contributed by atoms with Crippen molar-refractivity contribution in [1.29, 1.82) is 5.26 Å². The lowest BCUT2D eigenvalue weighted by Crippen LogP contribution is -2.34. The highest BCUT2D eigenvalue weighted by molar-refractivity contribution is 5.78. The fraction of sp³-hybridized carbons (Fsp3) is 0.833. The van der Waals surface area contributed by atoms with Gasteiger partial charge in [0, 0.05) is 13.1 Å². The maximum atomic E-state index is 11.5. The molecule has 0 spiro atoms. The predicted octanol–water partition coefficient (Wildman–Crippen LogP) is 1.48. The first-order chi connectivity index (χ1) is 7.69. The van der Waals surface area contributed by atoms with E-state index in [-0.39, 0.29) is 12.3 Å². The molecule has 0 aromatic heterocycles. The summed E-state index contributed by atoms with van der Waals surface area (Å²) >= 11 is 0. The highest BCUT2D eigenvalue weighted by atomic mass is 16.2. The molecule has 4 heteroatoms. The minimum atomic E-state index is -0.0513. The average Bonchev–Trinajstić information content (AvgIpc) is 2.30. The Hall–Kier alpha value is -1.08. The van der Waals surface area contributed by atoms with E-state index >= 15 is 0 Å². The number of hydrogen-bond donors (Lipinski definition) is 0. The Bertz CT molecular complexity index is 231. The molecule has 0 saturated carbocycles. The van der Waals surface area contributed by atoms with E-state index in [2.05, 4.69) is 18.7 Å². The SMILES string of the molecule is CCN(CC)CCCN(CC)C(=O)CC#N. The Morgan fingerprint density at radius 1 is 1.12 bits per heavy atom. The highest BCUT2D eigenvalue weighted by Crippen LogP contribution is 1.98. The molecule has 92 valence electrons. The first-order valence-electron chi connectivity index (χ1n) is 6.06. The summed E-state index contributed by atoms with van der Waals surface area (Å²) in [7, 11) is 0. The lowest BCUT2D eigenvalue weighted by atomic mass is 10.3. The van der Waals surface area contributed by atoms with E-state index in [4.69, 9.17) is 5.26 Å². The Morgan fingerprint density at radius 2 is 1.75 bits per heavy atom. The number of rotatable bonds is 8. The van der Waals surface area contributed by atoms with Gasteiger partial charge in [0.1, 0.15) is 6.42 Å². The fourth-order valence-electron chi connectivity index (χ4n) is 1.66. The van der Waals surface area contributed by atoms with Crippen molar-refractivity contribution < 1.29 is 4.79 Å². The quantitative estimate of drug-likeness (QED) is 0.628. The molecule has 0 heterocycles. The van der Waals surface area contributed by atoms with E-state index in [0.717, 1.165) is 32.6 Å². The van der Waals surface area contributed by atoms with Crippen LogP contribution >= 0.6 is 0 Å². The Balaban J connectivity index is 3.87. The summed E-state index contributed by atoms with van der Waals surface area (Å²) < 4.78 is 0. The molecule has 0 aliphatic carbocycles. The maximum Gasteiger partial charge on any atom is 0.236 e. The van der Waals surface area contributed by atoms with Crippen LogP contribution in [0.4, 0.5) is 0 Å². The van der Waals surface area contributed by atoms with Gasteiger partial charge in [0.2, 0.25) is 5.91 Å². The van der Waals surface area contributed by atoms with Gasteiger partial charge in [-0.15, -0.1) is 0 Å². The van der Waals surface area contributed by atoms with Gasteiger partial charge in [-0.25, -0.2) is 0 Å². The molecule has 1 amide bonds. The third-order valence-electron chi connectivity index (χ3n) is 2.76. The van der Waals surface area contributed by atoms with Gasteiger partial charge in [0.15, 0.2) is 0 Å². The third kappa shape index (κ3) is 5.72. The number of carbonyl (C=O) groups excluding carboxylic acids is 1. The number of hydrogen-bond acceptors (Lipinski definition) is 3. The molecular weight excluding hydrogens is 202 g/mol. The first kappa shape index (κ1) is 14.9. The van der Waals surface area contributed by atoms with Gasteiger partial charge in [0.25, 0.3) is 0 Å². The van der Waals surface area contributed by atoms with Crippen molar-refractivity contribution in [2.45, 2.75) is 33.6 Å². The average molecular weight is 225 g/mol. The van der Waals surface area contributed by atoms with Gasteiger partial charge < -0.3 is 9.80 Å². The van der Waals surface area contributed by atoms with E-state index in [1.807, 2.05) is 13.0 Å². The van der Waals surface area contributed by atoms with Crippen LogP contribution in [0.2, 0.25) is 0 Å². The molecule has 0 aromatic rings. The number of amides is 1. The standard InChI is InChI=1S/C12H23N3O/c1-4-14(5-2)10-7-11-15(6-3)12(16)8-9-13/h4-8,10-11H2,1-3H3. The Morgan fingerprint density at radius 3 is 2.19 bits per heavy atom. The molecule has 0 saturated heterocycles. The lowest BCUT2D eigenvalue weighted by molar-refractivity contribution is -0.130. The number of carbonyl (C=O) groups is 1. The van der Waals surface area contributed by atoms with Crippen LogP contribution in [0.25, 0.3) is 0 Å². The van der Waals surface area contributed by atoms with E-state index < -0.39 is 0 Å². The van der Waals surface area contributed by atoms with Crippen LogP contribution in [-0.4, -0.2) is 48.4 Å².